The lowest BCUT2D eigenvalue weighted by atomic mass is 9.98. The molecule has 1 aromatic carbocycles. The first kappa shape index (κ1) is 10.8. The summed E-state index contributed by atoms with van der Waals surface area (Å²) in [4.78, 5) is 11.5. The molecular formula is C12H11NO2S. The molecule has 2 aromatic rings. The fourth-order valence-corrected chi connectivity index (χ4v) is 2.53. The van der Waals surface area contributed by atoms with E-state index in [1.807, 2.05) is 47.8 Å². The molecule has 4 heteroatoms. The molecule has 16 heavy (non-hydrogen) atoms. The Morgan fingerprint density at radius 2 is 1.94 bits per heavy atom. The van der Waals surface area contributed by atoms with Crippen molar-refractivity contribution in [3.63, 3.8) is 0 Å². The van der Waals surface area contributed by atoms with E-state index in [9.17, 15) is 10.1 Å². The fraction of sp³-hybridized carbons (Fsp3) is 0.167. The van der Waals surface area contributed by atoms with Gasteiger partial charge in [0.25, 0.3) is 0 Å². The molecule has 0 saturated heterocycles. The molecule has 0 aliphatic heterocycles. The van der Waals surface area contributed by atoms with E-state index in [2.05, 4.69) is 0 Å². The van der Waals surface area contributed by atoms with Crippen molar-refractivity contribution >= 4 is 11.3 Å². The Balaban J connectivity index is 2.32. The molecule has 0 radical (unpaired) electrons. The van der Waals surface area contributed by atoms with Crippen LogP contribution in [0.3, 0.4) is 0 Å². The lowest BCUT2D eigenvalue weighted by Gasteiger charge is -2.10. The van der Waals surface area contributed by atoms with Crippen LogP contribution >= 0.6 is 11.3 Å². The normalized spacial score (nSPS) is 12.2. The van der Waals surface area contributed by atoms with Gasteiger partial charge in [-0.2, -0.15) is 0 Å². The van der Waals surface area contributed by atoms with E-state index < -0.39 is 0 Å². The predicted molar refractivity (Wildman–Crippen MR) is 64.5 cm³/mol. The molecule has 0 aliphatic carbocycles. The van der Waals surface area contributed by atoms with Crippen LogP contribution in [0.15, 0.2) is 47.8 Å². The van der Waals surface area contributed by atoms with Crippen LogP contribution in [0.2, 0.25) is 0 Å². The average molecular weight is 233 g/mol. The molecule has 0 saturated carbocycles. The molecule has 0 amide bonds. The van der Waals surface area contributed by atoms with Crippen molar-refractivity contribution in [2.24, 2.45) is 0 Å². The molecule has 0 bridgehead atoms. The minimum Gasteiger partial charge on any atom is -0.265 e. The summed E-state index contributed by atoms with van der Waals surface area (Å²) in [6.07, 6.45) is 0. The van der Waals surface area contributed by atoms with Crippen molar-refractivity contribution in [2.45, 2.75) is 5.92 Å². The van der Waals surface area contributed by atoms with Gasteiger partial charge >= 0.3 is 0 Å². The molecule has 0 aliphatic rings. The number of benzene rings is 1. The largest absolute Gasteiger partial charge is 0.265 e. The Morgan fingerprint density at radius 1 is 1.19 bits per heavy atom. The van der Waals surface area contributed by atoms with Crippen molar-refractivity contribution in [2.75, 3.05) is 6.54 Å². The van der Waals surface area contributed by atoms with E-state index in [0.29, 0.717) is 0 Å². The topological polar surface area (TPSA) is 43.1 Å². The summed E-state index contributed by atoms with van der Waals surface area (Å²) >= 11 is 1.56. The Hall–Kier alpha value is -1.68. The van der Waals surface area contributed by atoms with Gasteiger partial charge in [0.2, 0.25) is 6.54 Å². The molecule has 1 unspecified atom stereocenters. The highest BCUT2D eigenvalue weighted by atomic mass is 32.1. The maximum Gasteiger partial charge on any atom is 0.215 e. The molecule has 3 nitrogen and oxygen atoms in total. The Bertz CT molecular complexity index is 453. The standard InChI is InChI=1S/C12H11NO2S/c14-13(15)9-11(12-7-4-8-16-12)10-5-2-1-3-6-10/h1-8,11H,9H2. The molecule has 0 spiro atoms. The van der Waals surface area contributed by atoms with E-state index in [4.69, 9.17) is 0 Å². The predicted octanol–water partition coefficient (Wildman–Crippen LogP) is 3.16. The molecule has 1 atom stereocenters. The third kappa shape index (κ3) is 2.46. The summed E-state index contributed by atoms with van der Waals surface area (Å²) in [6, 6.07) is 13.5. The minimum atomic E-state index is -0.253. The van der Waals surface area contributed by atoms with Gasteiger partial charge in [-0.15, -0.1) is 11.3 Å². The van der Waals surface area contributed by atoms with E-state index in [0.717, 1.165) is 10.4 Å². The zero-order valence-corrected chi connectivity index (χ0v) is 9.39. The van der Waals surface area contributed by atoms with E-state index in [1.54, 1.807) is 11.3 Å². The lowest BCUT2D eigenvalue weighted by molar-refractivity contribution is -0.481. The van der Waals surface area contributed by atoms with Crippen molar-refractivity contribution in [1.29, 1.82) is 0 Å². The summed E-state index contributed by atoms with van der Waals surface area (Å²) in [5.74, 6) is -0.129. The van der Waals surface area contributed by atoms with Gasteiger partial charge < -0.3 is 0 Å². The monoisotopic (exact) mass is 233 g/mol. The number of rotatable bonds is 4. The molecular weight excluding hydrogens is 222 g/mol. The number of nitro groups is 1. The highest BCUT2D eigenvalue weighted by molar-refractivity contribution is 7.10. The lowest BCUT2D eigenvalue weighted by Crippen LogP contribution is -2.12. The maximum absolute atomic E-state index is 10.7. The fourth-order valence-electron chi connectivity index (χ4n) is 1.68. The van der Waals surface area contributed by atoms with Crippen LogP contribution in [0.1, 0.15) is 16.4 Å². The number of hydrogen-bond acceptors (Lipinski definition) is 3. The second-order valence-electron chi connectivity index (χ2n) is 3.49. The molecule has 82 valence electrons. The number of hydrogen-bond donors (Lipinski definition) is 0. The van der Waals surface area contributed by atoms with Crippen LogP contribution in [0.25, 0.3) is 0 Å². The highest BCUT2D eigenvalue weighted by Gasteiger charge is 2.20. The van der Waals surface area contributed by atoms with Crippen molar-refractivity contribution in [3.8, 4) is 0 Å². The smallest absolute Gasteiger partial charge is 0.215 e. The Labute approximate surface area is 97.5 Å². The molecule has 1 aromatic heterocycles. The van der Waals surface area contributed by atoms with Gasteiger partial charge in [-0.05, 0) is 17.0 Å². The van der Waals surface area contributed by atoms with Crippen LogP contribution in [-0.2, 0) is 0 Å². The van der Waals surface area contributed by atoms with Crippen molar-refractivity contribution in [3.05, 3.63) is 68.4 Å². The SMILES string of the molecule is O=[N+]([O-])CC(c1ccccc1)c1cccs1. The zero-order valence-electron chi connectivity index (χ0n) is 8.58. The highest BCUT2D eigenvalue weighted by Crippen LogP contribution is 2.28. The Morgan fingerprint density at radius 3 is 2.50 bits per heavy atom. The Kier molecular flexibility index (Phi) is 3.31. The summed E-state index contributed by atoms with van der Waals surface area (Å²) in [7, 11) is 0. The molecule has 0 fully saturated rings. The number of thiophene rings is 1. The van der Waals surface area contributed by atoms with E-state index >= 15 is 0 Å². The average Bonchev–Trinajstić information content (AvgIpc) is 2.80. The summed E-state index contributed by atoms with van der Waals surface area (Å²) in [6.45, 7) is -0.0511. The van der Waals surface area contributed by atoms with Crippen LogP contribution in [0.4, 0.5) is 0 Å². The summed E-state index contributed by atoms with van der Waals surface area (Å²) < 4.78 is 0. The molecule has 2 rings (SSSR count). The van der Waals surface area contributed by atoms with Gasteiger partial charge in [0.05, 0.1) is 5.92 Å². The van der Waals surface area contributed by atoms with E-state index in [1.165, 1.54) is 0 Å². The zero-order chi connectivity index (χ0) is 11.4. The maximum atomic E-state index is 10.7. The first-order valence-corrected chi connectivity index (χ1v) is 5.85. The third-order valence-corrected chi connectivity index (χ3v) is 3.41. The molecule has 1 heterocycles. The van der Waals surface area contributed by atoms with Gasteiger partial charge in [-0.25, -0.2) is 0 Å². The van der Waals surface area contributed by atoms with Gasteiger partial charge in [-0.3, -0.25) is 10.1 Å². The van der Waals surface area contributed by atoms with Crippen molar-refractivity contribution < 1.29 is 4.92 Å². The first-order chi connectivity index (χ1) is 7.77. The second kappa shape index (κ2) is 4.90. The van der Waals surface area contributed by atoms with Gasteiger partial charge in [0.1, 0.15) is 0 Å². The quantitative estimate of drug-likeness (QED) is 0.601. The van der Waals surface area contributed by atoms with Gasteiger partial charge in [0.15, 0.2) is 0 Å². The van der Waals surface area contributed by atoms with E-state index in [-0.39, 0.29) is 17.4 Å². The van der Waals surface area contributed by atoms with Gasteiger partial charge in [0, 0.05) is 9.80 Å². The van der Waals surface area contributed by atoms with Gasteiger partial charge in [-0.1, -0.05) is 36.4 Å². The van der Waals surface area contributed by atoms with Crippen LogP contribution < -0.4 is 0 Å². The van der Waals surface area contributed by atoms with Crippen molar-refractivity contribution in [1.82, 2.24) is 0 Å². The van der Waals surface area contributed by atoms with Crippen LogP contribution in [0.5, 0.6) is 0 Å². The number of nitrogens with zero attached hydrogens (tertiary/aromatic N) is 1. The third-order valence-electron chi connectivity index (χ3n) is 2.42. The summed E-state index contributed by atoms with van der Waals surface area (Å²) in [5, 5.41) is 12.6. The van der Waals surface area contributed by atoms with Crippen LogP contribution in [-0.4, -0.2) is 11.5 Å². The summed E-state index contributed by atoms with van der Waals surface area (Å²) in [5.41, 5.74) is 1.00. The van der Waals surface area contributed by atoms with Crippen LogP contribution in [0, 0.1) is 10.1 Å². The minimum absolute atomic E-state index is 0.0511. The first-order valence-electron chi connectivity index (χ1n) is 4.97. The second-order valence-corrected chi connectivity index (χ2v) is 4.47. The molecule has 0 N–H and O–H groups in total.